The van der Waals surface area contributed by atoms with Crippen LogP contribution in [0.3, 0.4) is 0 Å². The van der Waals surface area contributed by atoms with E-state index in [1.165, 1.54) is 18.3 Å². The number of anilines is 2. The lowest BCUT2D eigenvalue weighted by atomic mass is 10.2. The van der Waals surface area contributed by atoms with Crippen molar-refractivity contribution in [2.45, 2.75) is 32.0 Å². The summed E-state index contributed by atoms with van der Waals surface area (Å²) < 4.78 is 6.47. The lowest BCUT2D eigenvalue weighted by molar-refractivity contribution is -0.126. The van der Waals surface area contributed by atoms with Crippen molar-refractivity contribution < 1.29 is 14.3 Å². The Morgan fingerprint density at radius 1 is 1.32 bits per heavy atom. The van der Waals surface area contributed by atoms with Crippen LogP contribution < -0.4 is 16.4 Å². The van der Waals surface area contributed by atoms with Gasteiger partial charge in [0.15, 0.2) is 5.13 Å². The fourth-order valence-electron chi connectivity index (χ4n) is 2.50. The average molecular weight is 407 g/mol. The van der Waals surface area contributed by atoms with Gasteiger partial charge in [0.05, 0.1) is 16.3 Å². The number of hydrogen-bond acceptors (Lipinski definition) is 6. The zero-order valence-corrected chi connectivity index (χ0v) is 15.9. The lowest BCUT2D eigenvalue weighted by Crippen LogP contribution is -2.29. The third-order valence-corrected chi connectivity index (χ3v) is 4.54. The van der Waals surface area contributed by atoms with Crippen LogP contribution in [-0.2, 0) is 14.3 Å². The number of thiazole rings is 1. The smallest absolute Gasteiger partial charge is 0.253 e. The number of amides is 2. The Bertz CT molecular complexity index is 755. The Morgan fingerprint density at radius 2 is 2.08 bits per heavy atom. The molecule has 0 aliphatic carbocycles. The van der Waals surface area contributed by atoms with E-state index in [4.69, 9.17) is 10.5 Å². The minimum Gasteiger partial charge on any atom is -0.364 e. The molecular weight excluding hydrogens is 387 g/mol. The number of rotatable bonds is 4. The van der Waals surface area contributed by atoms with Gasteiger partial charge in [0, 0.05) is 19.2 Å². The first-order valence-electron chi connectivity index (χ1n) is 7.39. The summed E-state index contributed by atoms with van der Waals surface area (Å²) in [5.74, 6) is -0.322. The first-order valence-corrected chi connectivity index (χ1v) is 8.21. The predicted molar refractivity (Wildman–Crippen MR) is 104 cm³/mol. The molecule has 2 atom stereocenters. The Labute approximate surface area is 161 Å². The van der Waals surface area contributed by atoms with Crippen molar-refractivity contribution in [3.05, 3.63) is 18.2 Å². The number of nitrogens with zero attached hydrogens (tertiary/aromatic N) is 1. The average Bonchev–Trinajstić information content (AvgIpc) is 3.11. The van der Waals surface area contributed by atoms with Crippen molar-refractivity contribution in [3.63, 3.8) is 0 Å². The molecule has 2 amide bonds. The van der Waals surface area contributed by atoms with E-state index in [0.29, 0.717) is 23.8 Å². The summed E-state index contributed by atoms with van der Waals surface area (Å²) in [4.78, 5) is 27.6. The second kappa shape index (κ2) is 9.30. The number of ether oxygens (including phenoxy) is 1. The third kappa shape index (κ3) is 5.26. The topological polar surface area (TPSA) is 106 Å². The van der Waals surface area contributed by atoms with Gasteiger partial charge in [-0.1, -0.05) is 11.3 Å². The molecule has 1 saturated heterocycles. The van der Waals surface area contributed by atoms with Crippen LogP contribution in [-0.4, -0.2) is 35.6 Å². The van der Waals surface area contributed by atoms with Crippen molar-refractivity contribution in [3.8, 4) is 0 Å². The van der Waals surface area contributed by atoms with E-state index < -0.39 is 6.10 Å². The molecule has 138 valence electrons. The summed E-state index contributed by atoms with van der Waals surface area (Å²) in [5, 5.41) is 6.06. The zero-order valence-electron chi connectivity index (χ0n) is 13.5. The Kier molecular flexibility index (Phi) is 8.04. The number of carbonyl (C=O) groups excluding carboxylic acids is 2. The summed E-state index contributed by atoms with van der Waals surface area (Å²) >= 11 is 1.36. The number of halogens is 2. The van der Waals surface area contributed by atoms with Crippen LogP contribution >= 0.6 is 36.2 Å². The largest absolute Gasteiger partial charge is 0.364 e. The van der Waals surface area contributed by atoms with Crippen molar-refractivity contribution in [1.82, 2.24) is 4.98 Å². The monoisotopic (exact) mass is 406 g/mol. The lowest BCUT2D eigenvalue weighted by Gasteiger charge is -2.12. The summed E-state index contributed by atoms with van der Waals surface area (Å²) in [7, 11) is 0. The fourth-order valence-corrected chi connectivity index (χ4v) is 3.45. The molecule has 7 nitrogen and oxygen atoms in total. The highest BCUT2D eigenvalue weighted by Crippen LogP contribution is 2.29. The van der Waals surface area contributed by atoms with E-state index in [1.807, 2.05) is 12.1 Å². The minimum atomic E-state index is -0.448. The molecular formula is C15H20Cl2N4O3S. The maximum absolute atomic E-state index is 12.2. The van der Waals surface area contributed by atoms with Gasteiger partial charge in [0.2, 0.25) is 5.91 Å². The van der Waals surface area contributed by atoms with Gasteiger partial charge in [-0.05, 0) is 31.0 Å². The van der Waals surface area contributed by atoms with Gasteiger partial charge in [-0.3, -0.25) is 9.59 Å². The van der Waals surface area contributed by atoms with Gasteiger partial charge < -0.3 is 21.1 Å². The van der Waals surface area contributed by atoms with Gasteiger partial charge in [-0.2, -0.15) is 0 Å². The normalized spacial score (nSPS) is 19.0. The Morgan fingerprint density at radius 3 is 2.72 bits per heavy atom. The maximum Gasteiger partial charge on any atom is 0.253 e. The second-order valence-corrected chi connectivity index (χ2v) is 6.46. The van der Waals surface area contributed by atoms with E-state index in [-0.39, 0.29) is 42.7 Å². The van der Waals surface area contributed by atoms with Crippen LogP contribution in [0, 0.1) is 0 Å². The number of benzene rings is 1. The standard InChI is InChI=1S/C15H18N4O3S.2ClH/c1-8(20)17-15-19-11-4-2-9(6-13(11)23-15)18-14(21)12-5-3-10(7-16)22-12;;/h2,4,6,10,12H,3,5,7,16H2,1H3,(H,18,21)(H,17,19,20);2*1H/t10-,12+;;/m1../s1. The molecule has 2 heterocycles. The van der Waals surface area contributed by atoms with Crippen molar-refractivity contribution in [2.24, 2.45) is 5.73 Å². The highest BCUT2D eigenvalue weighted by atomic mass is 35.5. The Balaban J connectivity index is 0.00000156. The van der Waals surface area contributed by atoms with E-state index >= 15 is 0 Å². The molecule has 1 fully saturated rings. The van der Waals surface area contributed by atoms with E-state index in [1.54, 1.807) is 6.07 Å². The molecule has 0 saturated carbocycles. The molecule has 25 heavy (non-hydrogen) atoms. The zero-order chi connectivity index (χ0) is 16.4. The first kappa shape index (κ1) is 21.6. The van der Waals surface area contributed by atoms with Gasteiger partial charge in [0.25, 0.3) is 5.91 Å². The molecule has 0 bridgehead atoms. The number of fused-ring (bicyclic) bond motifs is 1. The highest BCUT2D eigenvalue weighted by molar-refractivity contribution is 7.22. The summed E-state index contributed by atoms with van der Waals surface area (Å²) in [6.45, 7) is 1.87. The Hall–Kier alpha value is -1.45. The van der Waals surface area contributed by atoms with Crippen LogP contribution in [0.4, 0.5) is 10.8 Å². The van der Waals surface area contributed by atoms with Crippen LogP contribution in [0.5, 0.6) is 0 Å². The van der Waals surface area contributed by atoms with Crippen LogP contribution in [0.1, 0.15) is 19.8 Å². The molecule has 0 unspecified atom stereocenters. The fraction of sp³-hybridized carbons (Fsp3) is 0.400. The van der Waals surface area contributed by atoms with Crippen molar-refractivity contribution >= 4 is 69.0 Å². The van der Waals surface area contributed by atoms with Gasteiger partial charge in [-0.25, -0.2) is 4.98 Å². The quantitative estimate of drug-likeness (QED) is 0.722. The van der Waals surface area contributed by atoms with E-state index in [0.717, 1.165) is 16.6 Å². The van der Waals surface area contributed by atoms with Gasteiger partial charge in [0.1, 0.15) is 6.10 Å². The van der Waals surface area contributed by atoms with Gasteiger partial charge >= 0.3 is 0 Å². The van der Waals surface area contributed by atoms with Gasteiger partial charge in [-0.15, -0.1) is 24.8 Å². The molecule has 1 aliphatic rings. The highest BCUT2D eigenvalue weighted by Gasteiger charge is 2.29. The number of nitrogens with one attached hydrogen (secondary N) is 2. The van der Waals surface area contributed by atoms with Crippen LogP contribution in [0.2, 0.25) is 0 Å². The number of hydrogen-bond donors (Lipinski definition) is 3. The van der Waals surface area contributed by atoms with Crippen LogP contribution in [0.15, 0.2) is 18.2 Å². The number of aromatic nitrogens is 1. The molecule has 2 aromatic rings. The molecule has 0 radical (unpaired) electrons. The molecule has 1 aromatic heterocycles. The second-order valence-electron chi connectivity index (χ2n) is 5.43. The summed E-state index contributed by atoms with van der Waals surface area (Å²) in [5.41, 5.74) is 7.01. The minimum absolute atomic E-state index is 0. The third-order valence-electron chi connectivity index (χ3n) is 3.60. The van der Waals surface area contributed by atoms with Crippen LogP contribution in [0.25, 0.3) is 10.2 Å². The SMILES string of the molecule is CC(=O)Nc1nc2ccc(NC(=O)[C@@H]3CC[C@H](CN)O3)cc2s1.Cl.Cl. The molecule has 1 aliphatic heterocycles. The number of nitrogens with two attached hydrogens (primary N) is 1. The molecule has 4 N–H and O–H groups in total. The first-order chi connectivity index (χ1) is 11.0. The summed E-state index contributed by atoms with van der Waals surface area (Å²) in [6, 6.07) is 5.43. The predicted octanol–water partition coefficient (Wildman–Crippen LogP) is 2.54. The van der Waals surface area contributed by atoms with Crippen molar-refractivity contribution in [1.29, 1.82) is 0 Å². The van der Waals surface area contributed by atoms with Crippen molar-refractivity contribution in [2.75, 3.05) is 17.2 Å². The maximum atomic E-state index is 12.2. The van der Waals surface area contributed by atoms with E-state index in [9.17, 15) is 9.59 Å². The molecule has 0 spiro atoms. The number of carbonyl (C=O) groups is 2. The molecule has 10 heteroatoms. The molecule has 1 aromatic carbocycles. The molecule has 3 rings (SSSR count). The van der Waals surface area contributed by atoms with E-state index in [2.05, 4.69) is 15.6 Å². The summed E-state index contributed by atoms with van der Waals surface area (Å²) in [6.07, 6.45) is 1.01.